The average molecular weight is 279 g/mol. The minimum Gasteiger partial charge on any atom is -0.493 e. The van der Waals surface area contributed by atoms with Gasteiger partial charge in [-0.05, 0) is 54.3 Å². The monoisotopic (exact) mass is 279 g/mol. The Bertz CT molecular complexity index is 714. The molecule has 0 saturated heterocycles. The van der Waals surface area contributed by atoms with Gasteiger partial charge in [0, 0.05) is 17.7 Å². The summed E-state index contributed by atoms with van der Waals surface area (Å²) < 4.78 is 5.51. The lowest BCUT2D eigenvalue weighted by Crippen LogP contribution is -2.20. The molecule has 3 heteroatoms. The van der Waals surface area contributed by atoms with Crippen molar-refractivity contribution in [3.05, 3.63) is 59.2 Å². The highest BCUT2D eigenvalue weighted by atomic mass is 16.5. The first-order valence-electron chi connectivity index (χ1n) is 7.36. The van der Waals surface area contributed by atoms with Crippen LogP contribution in [0.2, 0.25) is 0 Å². The molecule has 4 rings (SSSR count). The average Bonchev–Trinajstić information content (AvgIpc) is 3.18. The summed E-state index contributed by atoms with van der Waals surface area (Å²) in [4.78, 5) is 12.9. The van der Waals surface area contributed by atoms with Crippen LogP contribution in [0.5, 0.6) is 5.75 Å². The molecule has 0 amide bonds. The van der Waals surface area contributed by atoms with Crippen LogP contribution < -0.4 is 10.5 Å². The Morgan fingerprint density at radius 3 is 2.57 bits per heavy atom. The fourth-order valence-corrected chi connectivity index (χ4v) is 3.18. The molecule has 106 valence electrons. The highest BCUT2D eigenvalue weighted by molar-refractivity contribution is 6.06. The number of fused-ring (bicyclic) bond motifs is 1. The van der Waals surface area contributed by atoms with Gasteiger partial charge in [0.1, 0.15) is 5.75 Å². The van der Waals surface area contributed by atoms with Gasteiger partial charge in [-0.2, -0.15) is 0 Å². The van der Waals surface area contributed by atoms with Crippen molar-refractivity contribution in [3.8, 4) is 5.75 Å². The molecule has 2 N–H and O–H groups in total. The van der Waals surface area contributed by atoms with Crippen molar-refractivity contribution in [1.82, 2.24) is 0 Å². The number of carbonyl (C=O) groups excluding carboxylic acids is 1. The van der Waals surface area contributed by atoms with Gasteiger partial charge in [0.05, 0.1) is 12.0 Å². The number of ketones is 1. The van der Waals surface area contributed by atoms with E-state index in [4.69, 9.17) is 10.5 Å². The summed E-state index contributed by atoms with van der Waals surface area (Å²) in [6.07, 6.45) is 2.73. The first-order valence-corrected chi connectivity index (χ1v) is 7.36. The first-order chi connectivity index (χ1) is 10.2. The number of hydrogen-bond acceptors (Lipinski definition) is 3. The van der Waals surface area contributed by atoms with E-state index in [1.54, 1.807) is 0 Å². The number of benzene rings is 2. The maximum Gasteiger partial charge on any atom is 0.173 e. The predicted octanol–water partition coefficient (Wildman–Crippen LogP) is 3.12. The molecule has 1 aliphatic heterocycles. The van der Waals surface area contributed by atoms with E-state index >= 15 is 0 Å². The molecule has 1 saturated carbocycles. The zero-order valence-electron chi connectivity index (χ0n) is 11.8. The van der Waals surface area contributed by atoms with E-state index < -0.39 is 0 Å². The zero-order chi connectivity index (χ0) is 14.4. The molecule has 0 spiro atoms. The fraction of sp³-hybridized carbons (Fsp3) is 0.278. The fourth-order valence-electron chi connectivity index (χ4n) is 3.18. The molecule has 2 aliphatic rings. The number of hydrogen-bond donors (Lipinski definition) is 1. The van der Waals surface area contributed by atoms with E-state index in [0.717, 1.165) is 54.0 Å². The van der Waals surface area contributed by atoms with Crippen molar-refractivity contribution in [1.29, 1.82) is 0 Å². The quantitative estimate of drug-likeness (QED) is 0.693. The number of carbonyl (C=O) groups is 1. The van der Waals surface area contributed by atoms with Crippen LogP contribution in [-0.4, -0.2) is 12.4 Å². The van der Waals surface area contributed by atoms with E-state index in [1.165, 1.54) is 0 Å². The van der Waals surface area contributed by atoms with Crippen LogP contribution in [-0.2, 0) is 11.8 Å². The molecule has 0 aromatic heterocycles. The molecule has 1 fully saturated rings. The van der Waals surface area contributed by atoms with Gasteiger partial charge in [0.25, 0.3) is 0 Å². The van der Waals surface area contributed by atoms with Gasteiger partial charge in [0.2, 0.25) is 0 Å². The molecule has 2 aromatic rings. The van der Waals surface area contributed by atoms with E-state index in [2.05, 4.69) is 0 Å². The number of Topliss-reactive ketones (excluding diaryl/α,β-unsaturated/α-hetero) is 1. The minimum absolute atomic E-state index is 0.224. The van der Waals surface area contributed by atoms with Crippen LogP contribution in [0.25, 0.3) is 0 Å². The summed E-state index contributed by atoms with van der Waals surface area (Å²) in [6.45, 7) is 0.718. The smallest absolute Gasteiger partial charge is 0.173 e. The Kier molecular flexibility index (Phi) is 2.58. The Morgan fingerprint density at radius 1 is 1.10 bits per heavy atom. The lowest BCUT2D eigenvalue weighted by atomic mass is 9.87. The minimum atomic E-state index is -0.332. The van der Waals surface area contributed by atoms with Crippen molar-refractivity contribution in [2.24, 2.45) is 0 Å². The van der Waals surface area contributed by atoms with Crippen molar-refractivity contribution < 1.29 is 9.53 Å². The molecule has 2 aromatic carbocycles. The molecule has 0 unspecified atom stereocenters. The Hall–Kier alpha value is -2.29. The van der Waals surface area contributed by atoms with Gasteiger partial charge in [-0.25, -0.2) is 0 Å². The molecule has 0 bridgehead atoms. The van der Waals surface area contributed by atoms with E-state index in [9.17, 15) is 4.79 Å². The molecular weight excluding hydrogens is 262 g/mol. The van der Waals surface area contributed by atoms with E-state index in [1.807, 2.05) is 42.5 Å². The molecule has 21 heavy (non-hydrogen) atoms. The zero-order valence-corrected chi connectivity index (χ0v) is 11.8. The second kappa shape index (κ2) is 4.35. The third-order valence-electron chi connectivity index (χ3n) is 4.60. The van der Waals surface area contributed by atoms with Crippen molar-refractivity contribution in [2.75, 3.05) is 12.3 Å². The number of rotatable bonds is 3. The van der Waals surface area contributed by atoms with Crippen LogP contribution in [0.3, 0.4) is 0 Å². The molecule has 0 radical (unpaired) electrons. The first kappa shape index (κ1) is 12.5. The number of nitrogen functional groups attached to an aromatic ring is 1. The normalized spacial score (nSPS) is 17.9. The molecule has 3 nitrogen and oxygen atoms in total. The van der Waals surface area contributed by atoms with Crippen molar-refractivity contribution in [2.45, 2.75) is 24.7 Å². The van der Waals surface area contributed by atoms with Crippen LogP contribution in [0.1, 0.15) is 34.3 Å². The third kappa shape index (κ3) is 1.92. The second-order valence-corrected chi connectivity index (χ2v) is 5.95. The second-order valence-electron chi connectivity index (χ2n) is 5.95. The Labute approximate surface area is 123 Å². The molecule has 0 atom stereocenters. The highest BCUT2D eigenvalue weighted by Crippen LogP contribution is 2.50. The summed E-state index contributed by atoms with van der Waals surface area (Å²) in [7, 11) is 0. The molecular formula is C18H17NO2. The van der Waals surface area contributed by atoms with Gasteiger partial charge in [0.15, 0.2) is 5.78 Å². The van der Waals surface area contributed by atoms with Gasteiger partial charge >= 0.3 is 0 Å². The lowest BCUT2D eigenvalue weighted by Gasteiger charge is -2.15. The van der Waals surface area contributed by atoms with Crippen molar-refractivity contribution >= 4 is 11.5 Å². The van der Waals surface area contributed by atoms with Crippen LogP contribution >= 0.6 is 0 Å². The SMILES string of the molecule is Nc1ccc(C2(C(=O)c3ccc4c(c3)CCO4)CC2)cc1. The van der Waals surface area contributed by atoms with E-state index in [-0.39, 0.29) is 11.2 Å². The standard InChI is InChI=1S/C18H17NO2/c19-15-4-2-14(3-5-15)18(8-9-18)17(20)13-1-6-16-12(11-13)7-10-21-16/h1-6,11H,7-10,19H2. The van der Waals surface area contributed by atoms with Crippen LogP contribution in [0.15, 0.2) is 42.5 Å². The summed E-state index contributed by atoms with van der Waals surface area (Å²) in [5, 5.41) is 0. The molecule has 1 aliphatic carbocycles. The van der Waals surface area contributed by atoms with Gasteiger partial charge in [-0.1, -0.05) is 12.1 Å². The number of anilines is 1. The molecule has 1 heterocycles. The largest absolute Gasteiger partial charge is 0.493 e. The summed E-state index contributed by atoms with van der Waals surface area (Å²) in [5.74, 6) is 1.14. The van der Waals surface area contributed by atoms with Gasteiger partial charge in [-0.3, -0.25) is 4.79 Å². The van der Waals surface area contributed by atoms with Crippen LogP contribution in [0.4, 0.5) is 5.69 Å². The maximum absolute atomic E-state index is 12.9. The van der Waals surface area contributed by atoms with E-state index in [0.29, 0.717) is 0 Å². The summed E-state index contributed by atoms with van der Waals surface area (Å²) in [6, 6.07) is 13.5. The van der Waals surface area contributed by atoms with Crippen molar-refractivity contribution in [3.63, 3.8) is 0 Å². The van der Waals surface area contributed by atoms with Gasteiger partial charge in [-0.15, -0.1) is 0 Å². The number of ether oxygens (including phenoxy) is 1. The Morgan fingerprint density at radius 2 is 1.86 bits per heavy atom. The topological polar surface area (TPSA) is 52.3 Å². The summed E-state index contributed by atoms with van der Waals surface area (Å²) in [5.41, 5.74) is 9.17. The van der Waals surface area contributed by atoms with Crippen LogP contribution in [0, 0.1) is 0 Å². The van der Waals surface area contributed by atoms with Gasteiger partial charge < -0.3 is 10.5 Å². The number of nitrogens with two attached hydrogens (primary N) is 1. The third-order valence-corrected chi connectivity index (χ3v) is 4.60. The predicted molar refractivity (Wildman–Crippen MR) is 81.7 cm³/mol. The summed E-state index contributed by atoms with van der Waals surface area (Å²) >= 11 is 0. The Balaban J connectivity index is 1.69. The maximum atomic E-state index is 12.9. The highest BCUT2D eigenvalue weighted by Gasteiger charge is 2.51. The lowest BCUT2D eigenvalue weighted by molar-refractivity contribution is 0.0946.